The first-order valence-electron chi connectivity index (χ1n) is 7.97. The molecule has 1 aliphatic heterocycles. The molecule has 26 heavy (non-hydrogen) atoms. The molecule has 0 atom stereocenters. The molecule has 0 saturated heterocycles. The molecule has 1 aliphatic rings. The number of nitrogens with zero attached hydrogens (tertiary/aromatic N) is 1. The number of amides is 1. The van der Waals surface area contributed by atoms with Crippen LogP contribution in [-0.4, -0.2) is 42.9 Å². The lowest BCUT2D eigenvalue weighted by atomic mass is 10.3. The molecule has 1 aromatic heterocycles. The van der Waals surface area contributed by atoms with Gasteiger partial charge in [0.2, 0.25) is 5.91 Å². The van der Waals surface area contributed by atoms with Crippen LogP contribution in [0.2, 0.25) is 0 Å². The molecule has 1 amide bonds. The van der Waals surface area contributed by atoms with Gasteiger partial charge in [0.15, 0.2) is 16.6 Å². The first-order chi connectivity index (χ1) is 12.6. The smallest absolute Gasteiger partial charge is 0.311 e. The number of benzene rings is 1. The summed E-state index contributed by atoms with van der Waals surface area (Å²) < 4.78 is 15.8. The molecule has 0 radical (unpaired) electrons. The second-order valence-electron chi connectivity index (χ2n) is 5.39. The Morgan fingerprint density at radius 1 is 1.31 bits per heavy atom. The minimum Gasteiger partial charge on any atom is -0.490 e. The Balaban J connectivity index is 1.51. The molecule has 1 N–H and O–H groups in total. The van der Waals surface area contributed by atoms with Crippen molar-refractivity contribution in [3.8, 4) is 11.5 Å². The number of anilines is 1. The summed E-state index contributed by atoms with van der Waals surface area (Å²) in [6, 6.07) is 5.65. The van der Waals surface area contributed by atoms with E-state index < -0.39 is 0 Å². The lowest BCUT2D eigenvalue weighted by molar-refractivity contribution is -0.139. The van der Waals surface area contributed by atoms with Crippen LogP contribution in [0.15, 0.2) is 28.5 Å². The first-order valence-corrected chi connectivity index (χ1v) is 9.84. The molecule has 1 aromatic carbocycles. The van der Waals surface area contributed by atoms with Gasteiger partial charge in [-0.2, -0.15) is 0 Å². The number of methoxy groups -OCH3 is 1. The number of hydrogen-bond donors (Lipinski definition) is 1. The van der Waals surface area contributed by atoms with E-state index in [9.17, 15) is 9.59 Å². The number of esters is 1. The van der Waals surface area contributed by atoms with Gasteiger partial charge in [-0.1, -0.05) is 0 Å². The van der Waals surface area contributed by atoms with Crippen LogP contribution in [0, 0.1) is 0 Å². The molecule has 0 saturated carbocycles. The molecule has 3 rings (SSSR count). The number of hydrogen-bond acceptors (Lipinski definition) is 8. The molecule has 0 aliphatic carbocycles. The topological polar surface area (TPSA) is 86.8 Å². The van der Waals surface area contributed by atoms with E-state index in [0.29, 0.717) is 29.8 Å². The highest BCUT2D eigenvalue weighted by atomic mass is 32.2. The monoisotopic (exact) mass is 394 g/mol. The van der Waals surface area contributed by atoms with Gasteiger partial charge in [0.25, 0.3) is 0 Å². The van der Waals surface area contributed by atoms with Crippen LogP contribution in [0.4, 0.5) is 5.13 Å². The summed E-state index contributed by atoms with van der Waals surface area (Å²) in [5.74, 6) is 1.16. The molecule has 2 aromatic rings. The van der Waals surface area contributed by atoms with E-state index in [0.717, 1.165) is 17.1 Å². The molecule has 0 spiro atoms. The van der Waals surface area contributed by atoms with Crippen molar-refractivity contribution >= 4 is 40.1 Å². The Morgan fingerprint density at radius 3 is 2.92 bits per heavy atom. The van der Waals surface area contributed by atoms with Crippen LogP contribution in [0.1, 0.15) is 12.1 Å². The highest BCUT2D eigenvalue weighted by molar-refractivity contribution is 8.00. The molecular formula is C17H18N2O5S2. The SMILES string of the molecule is COC(=O)Cc1csc(NC(=O)CSc2ccc3c(c2)OCCCO3)n1. The number of fused-ring (bicyclic) bond motifs is 1. The van der Waals surface area contributed by atoms with E-state index in [-0.39, 0.29) is 24.1 Å². The zero-order valence-electron chi connectivity index (χ0n) is 14.1. The average Bonchev–Trinajstić information content (AvgIpc) is 2.93. The van der Waals surface area contributed by atoms with Crippen molar-refractivity contribution in [1.82, 2.24) is 4.98 Å². The molecule has 2 heterocycles. The quantitative estimate of drug-likeness (QED) is 0.595. The lowest BCUT2D eigenvalue weighted by Gasteiger charge is -2.09. The summed E-state index contributed by atoms with van der Waals surface area (Å²) in [5.41, 5.74) is 0.577. The van der Waals surface area contributed by atoms with Gasteiger partial charge >= 0.3 is 5.97 Å². The molecule has 9 heteroatoms. The summed E-state index contributed by atoms with van der Waals surface area (Å²) >= 11 is 2.68. The van der Waals surface area contributed by atoms with E-state index in [1.165, 1.54) is 30.2 Å². The van der Waals surface area contributed by atoms with E-state index >= 15 is 0 Å². The normalized spacial score (nSPS) is 13.0. The van der Waals surface area contributed by atoms with Gasteiger partial charge in [0.1, 0.15) is 0 Å². The number of aromatic nitrogens is 1. The van der Waals surface area contributed by atoms with Crippen molar-refractivity contribution < 1.29 is 23.8 Å². The van der Waals surface area contributed by atoms with Gasteiger partial charge in [-0.25, -0.2) is 4.98 Å². The molecular weight excluding hydrogens is 376 g/mol. The van der Waals surface area contributed by atoms with Crippen molar-refractivity contribution in [3.63, 3.8) is 0 Å². The van der Waals surface area contributed by atoms with Gasteiger partial charge in [-0.3, -0.25) is 9.59 Å². The third kappa shape index (κ3) is 5.12. The van der Waals surface area contributed by atoms with Crippen LogP contribution in [0.5, 0.6) is 11.5 Å². The molecule has 0 fully saturated rings. The number of thioether (sulfide) groups is 1. The van der Waals surface area contributed by atoms with E-state index in [1.807, 2.05) is 18.2 Å². The van der Waals surface area contributed by atoms with Crippen LogP contribution in [-0.2, 0) is 20.7 Å². The number of thiazole rings is 1. The Morgan fingerprint density at radius 2 is 2.12 bits per heavy atom. The maximum absolute atomic E-state index is 12.1. The van der Waals surface area contributed by atoms with Crippen molar-refractivity contribution in [3.05, 3.63) is 29.3 Å². The fourth-order valence-electron chi connectivity index (χ4n) is 2.20. The maximum Gasteiger partial charge on any atom is 0.311 e. The van der Waals surface area contributed by atoms with E-state index in [4.69, 9.17) is 9.47 Å². The predicted molar refractivity (Wildman–Crippen MR) is 99.2 cm³/mol. The van der Waals surface area contributed by atoms with Crippen LogP contribution in [0.25, 0.3) is 0 Å². The van der Waals surface area contributed by atoms with Gasteiger partial charge in [0, 0.05) is 16.7 Å². The van der Waals surface area contributed by atoms with Crippen molar-refractivity contribution in [2.75, 3.05) is 31.4 Å². The van der Waals surface area contributed by atoms with Crippen LogP contribution >= 0.6 is 23.1 Å². The standard InChI is InChI=1S/C17H18N2O5S2/c1-22-16(21)7-11-9-26-17(18-11)19-15(20)10-25-12-3-4-13-14(8-12)24-6-2-5-23-13/h3-4,8-9H,2,5-7,10H2,1H3,(H,18,19,20). The number of ether oxygens (including phenoxy) is 3. The summed E-state index contributed by atoms with van der Waals surface area (Å²) in [5, 5.41) is 4.93. The number of carbonyl (C=O) groups is 2. The van der Waals surface area contributed by atoms with E-state index in [2.05, 4.69) is 15.0 Å². The maximum atomic E-state index is 12.1. The third-order valence-electron chi connectivity index (χ3n) is 3.44. The number of nitrogens with one attached hydrogen (secondary N) is 1. The fraction of sp³-hybridized carbons (Fsp3) is 0.353. The minimum atomic E-state index is -0.363. The van der Waals surface area contributed by atoms with Crippen molar-refractivity contribution in [2.24, 2.45) is 0 Å². The summed E-state index contributed by atoms with van der Waals surface area (Å²) in [6.45, 7) is 1.27. The van der Waals surface area contributed by atoms with Crippen molar-refractivity contribution in [2.45, 2.75) is 17.7 Å². The summed E-state index contributed by atoms with van der Waals surface area (Å²) in [4.78, 5) is 28.5. The average molecular weight is 394 g/mol. The summed E-state index contributed by atoms with van der Waals surface area (Å²) in [6.07, 6.45) is 0.945. The Bertz CT molecular complexity index is 793. The van der Waals surface area contributed by atoms with Gasteiger partial charge in [-0.15, -0.1) is 23.1 Å². The zero-order valence-corrected chi connectivity index (χ0v) is 15.8. The number of carbonyl (C=O) groups excluding carboxylic acids is 2. The Labute approximate surface area is 159 Å². The van der Waals surface area contributed by atoms with Crippen molar-refractivity contribution in [1.29, 1.82) is 0 Å². The number of rotatable bonds is 6. The zero-order chi connectivity index (χ0) is 18.4. The predicted octanol–water partition coefficient (Wildman–Crippen LogP) is 2.75. The largest absolute Gasteiger partial charge is 0.490 e. The first kappa shape index (κ1) is 18.5. The third-order valence-corrected chi connectivity index (χ3v) is 5.24. The fourth-order valence-corrected chi connectivity index (χ4v) is 3.65. The summed E-state index contributed by atoms with van der Waals surface area (Å²) in [7, 11) is 1.33. The highest BCUT2D eigenvalue weighted by Crippen LogP contribution is 2.33. The van der Waals surface area contributed by atoms with E-state index in [1.54, 1.807) is 5.38 Å². The highest BCUT2D eigenvalue weighted by Gasteiger charge is 2.13. The Hall–Kier alpha value is -2.26. The molecule has 7 nitrogen and oxygen atoms in total. The second-order valence-corrected chi connectivity index (χ2v) is 7.30. The van der Waals surface area contributed by atoms with Gasteiger partial charge in [0.05, 0.1) is 38.2 Å². The van der Waals surface area contributed by atoms with Gasteiger partial charge < -0.3 is 19.5 Å². The molecule has 0 unspecified atom stereocenters. The van der Waals surface area contributed by atoms with Crippen LogP contribution in [0.3, 0.4) is 0 Å². The lowest BCUT2D eigenvalue weighted by Crippen LogP contribution is -2.14. The molecule has 138 valence electrons. The second kappa shape index (κ2) is 8.91. The Kier molecular flexibility index (Phi) is 6.35. The van der Waals surface area contributed by atoms with Crippen LogP contribution < -0.4 is 14.8 Å². The minimum absolute atomic E-state index is 0.0921. The van der Waals surface area contributed by atoms with Gasteiger partial charge in [-0.05, 0) is 18.2 Å². The molecule has 0 bridgehead atoms.